The maximum absolute atomic E-state index is 10.3. The van der Waals surface area contributed by atoms with Crippen LogP contribution >= 0.6 is 0 Å². The highest BCUT2D eigenvalue weighted by Crippen LogP contribution is 2.37. The highest BCUT2D eigenvalue weighted by molar-refractivity contribution is 6.06. The number of aromatic hydroxyl groups is 1. The molecule has 3 aromatic carbocycles. The quantitative estimate of drug-likeness (QED) is 0.748. The lowest BCUT2D eigenvalue weighted by Crippen LogP contribution is -2.11. The molecule has 1 unspecified atom stereocenters. The number of nitrogens with one attached hydrogen (secondary N) is 1. The molecule has 1 heterocycles. The Morgan fingerprint density at radius 1 is 0.923 bits per heavy atom. The molecule has 0 aliphatic carbocycles. The van der Waals surface area contributed by atoms with E-state index in [2.05, 4.69) is 28.7 Å². The summed E-state index contributed by atoms with van der Waals surface area (Å²) >= 11 is 0. The van der Waals surface area contributed by atoms with E-state index in [1.54, 1.807) is 26.4 Å². The van der Waals surface area contributed by atoms with Gasteiger partial charge in [0.2, 0.25) is 0 Å². The van der Waals surface area contributed by atoms with Crippen LogP contribution in [-0.2, 0) is 0 Å². The standard InChI is InChI=1S/C21H20N2O3/c1-25-19-11-10-14(13-6-3-4-7-15(13)19)16-12-17(23-22-16)21-18(24)8-5-9-20(21)26-2/h3-11,16,22,24H,12H2,1-2H3. The summed E-state index contributed by atoms with van der Waals surface area (Å²) in [5.41, 5.74) is 5.78. The molecule has 5 heteroatoms. The highest BCUT2D eigenvalue weighted by atomic mass is 16.5. The number of ether oxygens (including phenoxy) is 2. The number of benzene rings is 3. The van der Waals surface area contributed by atoms with E-state index in [-0.39, 0.29) is 11.8 Å². The van der Waals surface area contributed by atoms with Crippen LogP contribution in [0.4, 0.5) is 0 Å². The zero-order chi connectivity index (χ0) is 18.1. The Kier molecular flexibility index (Phi) is 4.13. The number of hydrogen-bond donors (Lipinski definition) is 2. The second-order valence-corrected chi connectivity index (χ2v) is 6.20. The zero-order valence-corrected chi connectivity index (χ0v) is 14.7. The molecule has 0 bridgehead atoms. The normalized spacial score (nSPS) is 16.2. The van der Waals surface area contributed by atoms with Gasteiger partial charge in [0.25, 0.3) is 0 Å². The summed E-state index contributed by atoms with van der Waals surface area (Å²) in [7, 11) is 3.27. The SMILES string of the molecule is COc1cccc(O)c1C1=NNC(c2ccc(OC)c3ccccc23)C1. The molecule has 0 aromatic heterocycles. The van der Waals surface area contributed by atoms with Crippen LogP contribution in [0.1, 0.15) is 23.6 Å². The molecule has 1 atom stereocenters. The van der Waals surface area contributed by atoms with Crippen LogP contribution in [0.3, 0.4) is 0 Å². The first kappa shape index (κ1) is 16.3. The third-order valence-corrected chi connectivity index (χ3v) is 4.78. The van der Waals surface area contributed by atoms with Crippen molar-refractivity contribution in [3.05, 3.63) is 65.7 Å². The first-order valence-electron chi connectivity index (χ1n) is 8.47. The summed E-state index contributed by atoms with van der Waals surface area (Å²) in [6.45, 7) is 0. The lowest BCUT2D eigenvalue weighted by molar-refractivity contribution is 0.406. The zero-order valence-electron chi connectivity index (χ0n) is 14.7. The maximum Gasteiger partial charge on any atom is 0.131 e. The van der Waals surface area contributed by atoms with Gasteiger partial charge in [0, 0.05) is 11.8 Å². The minimum absolute atomic E-state index is 0.0186. The van der Waals surface area contributed by atoms with Gasteiger partial charge in [0.1, 0.15) is 17.2 Å². The number of hydrogen-bond acceptors (Lipinski definition) is 5. The lowest BCUT2D eigenvalue weighted by Gasteiger charge is -2.16. The van der Waals surface area contributed by atoms with Crippen molar-refractivity contribution >= 4 is 16.5 Å². The van der Waals surface area contributed by atoms with E-state index in [9.17, 15) is 5.11 Å². The Bertz CT molecular complexity index is 998. The molecule has 0 saturated carbocycles. The van der Waals surface area contributed by atoms with Crippen molar-refractivity contribution in [2.75, 3.05) is 14.2 Å². The van der Waals surface area contributed by atoms with Crippen LogP contribution in [0.25, 0.3) is 10.8 Å². The van der Waals surface area contributed by atoms with E-state index >= 15 is 0 Å². The Morgan fingerprint density at radius 3 is 2.46 bits per heavy atom. The molecular weight excluding hydrogens is 328 g/mol. The van der Waals surface area contributed by atoms with Gasteiger partial charge in [-0.15, -0.1) is 0 Å². The number of rotatable bonds is 4. The second-order valence-electron chi connectivity index (χ2n) is 6.20. The number of phenolic OH excluding ortho intramolecular Hbond substituents is 1. The van der Waals surface area contributed by atoms with Gasteiger partial charge < -0.3 is 20.0 Å². The Hall–Kier alpha value is -3.21. The Labute approximate surface area is 151 Å². The van der Waals surface area contributed by atoms with Gasteiger partial charge in [-0.1, -0.05) is 36.4 Å². The third kappa shape index (κ3) is 2.62. The summed E-state index contributed by atoms with van der Waals surface area (Å²) in [6.07, 6.45) is 0.657. The molecule has 5 nitrogen and oxygen atoms in total. The van der Waals surface area contributed by atoms with Crippen molar-refractivity contribution in [2.45, 2.75) is 12.5 Å². The molecule has 4 rings (SSSR count). The van der Waals surface area contributed by atoms with Crippen LogP contribution in [0, 0.1) is 0 Å². The fraction of sp³-hybridized carbons (Fsp3) is 0.190. The molecule has 0 saturated heterocycles. The number of methoxy groups -OCH3 is 2. The molecule has 0 amide bonds. The highest BCUT2D eigenvalue weighted by Gasteiger charge is 2.26. The van der Waals surface area contributed by atoms with E-state index in [1.807, 2.05) is 24.3 Å². The van der Waals surface area contributed by atoms with Crippen molar-refractivity contribution in [3.8, 4) is 17.2 Å². The molecular formula is C21H20N2O3. The molecule has 0 radical (unpaired) electrons. The number of hydrazone groups is 1. The van der Waals surface area contributed by atoms with E-state index in [4.69, 9.17) is 9.47 Å². The van der Waals surface area contributed by atoms with Crippen molar-refractivity contribution in [2.24, 2.45) is 5.10 Å². The minimum Gasteiger partial charge on any atom is -0.507 e. The average Bonchev–Trinajstić information content (AvgIpc) is 3.16. The van der Waals surface area contributed by atoms with E-state index < -0.39 is 0 Å². The summed E-state index contributed by atoms with van der Waals surface area (Å²) in [6, 6.07) is 17.5. The summed E-state index contributed by atoms with van der Waals surface area (Å²) < 4.78 is 10.9. The fourth-order valence-corrected chi connectivity index (χ4v) is 3.53. The second kappa shape index (κ2) is 6.59. The van der Waals surface area contributed by atoms with Crippen LogP contribution in [0.2, 0.25) is 0 Å². The molecule has 3 aromatic rings. The van der Waals surface area contributed by atoms with Crippen molar-refractivity contribution in [1.82, 2.24) is 5.43 Å². The molecule has 26 heavy (non-hydrogen) atoms. The maximum atomic E-state index is 10.3. The van der Waals surface area contributed by atoms with Crippen molar-refractivity contribution < 1.29 is 14.6 Å². The van der Waals surface area contributed by atoms with Crippen molar-refractivity contribution in [1.29, 1.82) is 0 Å². The topological polar surface area (TPSA) is 63.1 Å². The molecule has 2 N–H and O–H groups in total. The van der Waals surface area contributed by atoms with Crippen LogP contribution in [-0.4, -0.2) is 25.0 Å². The van der Waals surface area contributed by atoms with Gasteiger partial charge >= 0.3 is 0 Å². The van der Waals surface area contributed by atoms with Gasteiger partial charge in [-0.25, -0.2) is 0 Å². The minimum atomic E-state index is 0.0186. The fourth-order valence-electron chi connectivity index (χ4n) is 3.53. The predicted octanol–water partition coefficient (Wildman–Crippen LogP) is 4.00. The van der Waals surface area contributed by atoms with Crippen LogP contribution in [0.5, 0.6) is 17.2 Å². The Morgan fingerprint density at radius 2 is 1.69 bits per heavy atom. The molecule has 132 valence electrons. The number of phenols is 1. The van der Waals surface area contributed by atoms with Gasteiger partial charge in [-0.2, -0.15) is 5.10 Å². The van der Waals surface area contributed by atoms with E-state index in [0.717, 1.165) is 27.8 Å². The van der Waals surface area contributed by atoms with Crippen LogP contribution in [0.15, 0.2) is 59.7 Å². The smallest absolute Gasteiger partial charge is 0.131 e. The molecule has 1 aliphatic heterocycles. The van der Waals surface area contributed by atoms with E-state index in [1.165, 1.54) is 0 Å². The lowest BCUT2D eigenvalue weighted by atomic mass is 9.94. The van der Waals surface area contributed by atoms with Gasteiger partial charge in [-0.3, -0.25) is 0 Å². The predicted molar refractivity (Wildman–Crippen MR) is 102 cm³/mol. The first-order valence-corrected chi connectivity index (χ1v) is 8.47. The number of fused-ring (bicyclic) bond motifs is 1. The molecule has 1 aliphatic rings. The van der Waals surface area contributed by atoms with Gasteiger partial charge in [0.05, 0.1) is 31.5 Å². The van der Waals surface area contributed by atoms with Crippen molar-refractivity contribution in [3.63, 3.8) is 0 Å². The monoisotopic (exact) mass is 348 g/mol. The van der Waals surface area contributed by atoms with Gasteiger partial charge in [0.15, 0.2) is 0 Å². The largest absolute Gasteiger partial charge is 0.507 e. The first-order chi connectivity index (χ1) is 12.7. The number of nitrogens with zero attached hydrogens (tertiary/aromatic N) is 1. The Balaban J connectivity index is 1.71. The van der Waals surface area contributed by atoms with Gasteiger partial charge in [-0.05, 0) is 29.1 Å². The molecule has 0 spiro atoms. The average molecular weight is 348 g/mol. The van der Waals surface area contributed by atoms with Crippen LogP contribution < -0.4 is 14.9 Å². The third-order valence-electron chi connectivity index (χ3n) is 4.78. The summed E-state index contributed by atoms with van der Waals surface area (Å²) in [5, 5.41) is 17.0. The molecule has 0 fully saturated rings. The summed E-state index contributed by atoms with van der Waals surface area (Å²) in [4.78, 5) is 0. The van der Waals surface area contributed by atoms with E-state index in [0.29, 0.717) is 17.7 Å². The summed E-state index contributed by atoms with van der Waals surface area (Å²) in [5.74, 6) is 1.64.